The summed E-state index contributed by atoms with van der Waals surface area (Å²) in [5.74, 6) is -0.986. The zero-order valence-electron chi connectivity index (χ0n) is 23.2. The summed E-state index contributed by atoms with van der Waals surface area (Å²) in [6.45, 7) is 3.99. The minimum Gasteiger partial charge on any atom is -0.350 e. The number of rotatable bonds is 8. The van der Waals surface area contributed by atoms with E-state index in [1.165, 1.54) is 16.8 Å². The van der Waals surface area contributed by atoms with Crippen LogP contribution in [0.2, 0.25) is 5.02 Å². The van der Waals surface area contributed by atoms with Crippen molar-refractivity contribution in [3.05, 3.63) is 92.9 Å². The van der Waals surface area contributed by atoms with Gasteiger partial charge in [-0.05, 0) is 74.3 Å². The van der Waals surface area contributed by atoms with Crippen LogP contribution < -0.4 is 16.0 Å². The molecule has 3 N–H and O–H groups in total. The van der Waals surface area contributed by atoms with Gasteiger partial charge in [0.25, 0.3) is 17.7 Å². The zero-order chi connectivity index (χ0) is 29.5. The number of nitrogens with zero attached hydrogens (tertiary/aromatic N) is 3. The van der Waals surface area contributed by atoms with E-state index in [2.05, 4.69) is 26.0 Å². The maximum atomic E-state index is 13.7. The van der Waals surface area contributed by atoms with Crippen molar-refractivity contribution in [3.63, 3.8) is 0 Å². The summed E-state index contributed by atoms with van der Waals surface area (Å²) in [6, 6.07) is 11.6. The van der Waals surface area contributed by atoms with E-state index >= 15 is 0 Å². The summed E-state index contributed by atoms with van der Waals surface area (Å²) >= 11 is 6.22. The van der Waals surface area contributed by atoms with Crippen LogP contribution in [-0.2, 0) is 6.42 Å². The van der Waals surface area contributed by atoms with Gasteiger partial charge in [-0.1, -0.05) is 35.9 Å². The van der Waals surface area contributed by atoms with E-state index in [1.54, 1.807) is 37.3 Å². The van der Waals surface area contributed by atoms with Gasteiger partial charge in [0.15, 0.2) is 11.4 Å². The maximum absolute atomic E-state index is 13.7. The quantitative estimate of drug-likeness (QED) is 0.257. The molecule has 2 aromatic carbocycles. The summed E-state index contributed by atoms with van der Waals surface area (Å²) in [5, 5.41) is 13.4. The number of fused-ring (bicyclic) bond motifs is 2. The molecule has 2 aliphatic rings. The Kier molecular flexibility index (Phi) is 7.24. The van der Waals surface area contributed by atoms with Gasteiger partial charge in [-0.15, -0.1) is 0 Å². The van der Waals surface area contributed by atoms with E-state index in [0.29, 0.717) is 35.2 Å². The zero-order valence-corrected chi connectivity index (χ0v) is 23.9. The second-order valence-electron chi connectivity index (χ2n) is 10.8. The predicted octanol–water partition coefficient (Wildman–Crippen LogP) is 4.70. The fourth-order valence-electron chi connectivity index (χ4n) is 5.45. The SMILES string of the molecule is CC(=O)c1ccc2c(c1C)CC[C@@H]2NC(=O)c1cc(C(=O)NCC2CC2)nc2c(C(=O)Nc3ccccc3Cl)cnn12. The largest absolute Gasteiger partial charge is 0.350 e. The number of hydrogen-bond acceptors (Lipinski definition) is 6. The van der Waals surface area contributed by atoms with Crippen molar-refractivity contribution in [3.8, 4) is 0 Å². The summed E-state index contributed by atoms with van der Waals surface area (Å²) in [5.41, 5.74) is 4.26. The van der Waals surface area contributed by atoms with Crippen LogP contribution in [0.25, 0.3) is 5.65 Å². The number of hydrogen-bond donors (Lipinski definition) is 3. The lowest BCUT2D eigenvalue weighted by molar-refractivity contribution is 0.0926. The Morgan fingerprint density at radius 2 is 1.79 bits per heavy atom. The molecule has 2 heterocycles. The molecule has 4 aromatic rings. The minimum absolute atomic E-state index is 0.00233. The maximum Gasteiger partial charge on any atom is 0.270 e. The Balaban J connectivity index is 1.34. The first-order valence-corrected chi connectivity index (χ1v) is 14.3. The lowest BCUT2D eigenvalue weighted by Gasteiger charge is -2.16. The highest BCUT2D eigenvalue weighted by atomic mass is 35.5. The van der Waals surface area contributed by atoms with Crippen LogP contribution in [0.4, 0.5) is 5.69 Å². The molecule has 1 saturated carbocycles. The normalized spacial score (nSPS) is 15.7. The van der Waals surface area contributed by atoms with Gasteiger partial charge in [0.1, 0.15) is 17.0 Å². The summed E-state index contributed by atoms with van der Waals surface area (Å²) < 4.78 is 1.27. The molecule has 2 aromatic heterocycles. The molecule has 0 saturated heterocycles. The van der Waals surface area contributed by atoms with Gasteiger partial charge in [-0.3, -0.25) is 19.2 Å². The number of carbonyl (C=O) groups excluding carboxylic acids is 4. The number of ketones is 1. The lowest BCUT2D eigenvalue weighted by atomic mass is 9.96. The van der Waals surface area contributed by atoms with Gasteiger partial charge < -0.3 is 16.0 Å². The molecule has 1 atom stereocenters. The van der Waals surface area contributed by atoms with Gasteiger partial charge in [-0.2, -0.15) is 5.10 Å². The van der Waals surface area contributed by atoms with Crippen LogP contribution in [0.1, 0.15) is 90.6 Å². The van der Waals surface area contributed by atoms with Crippen LogP contribution in [0, 0.1) is 12.8 Å². The van der Waals surface area contributed by atoms with Crippen molar-refractivity contribution in [1.82, 2.24) is 25.2 Å². The van der Waals surface area contributed by atoms with E-state index in [4.69, 9.17) is 11.6 Å². The third-order valence-electron chi connectivity index (χ3n) is 7.93. The highest BCUT2D eigenvalue weighted by Gasteiger charge is 2.30. The number of carbonyl (C=O) groups is 4. The number of benzene rings is 2. The van der Waals surface area contributed by atoms with E-state index in [-0.39, 0.29) is 34.4 Å². The molecule has 10 nitrogen and oxygen atoms in total. The van der Waals surface area contributed by atoms with E-state index in [1.807, 2.05) is 13.0 Å². The molecule has 0 radical (unpaired) electrons. The van der Waals surface area contributed by atoms with Gasteiger partial charge in [0, 0.05) is 18.2 Å². The lowest BCUT2D eigenvalue weighted by Crippen LogP contribution is -2.31. The summed E-state index contributed by atoms with van der Waals surface area (Å²) in [6.07, 6.45) is 4.82. The molecule has 3 amide bonds. The highest BCUT2D eigenvalue weighted by molar-refractivity contribution is 6.34. The topological polar surface area (TPSA) is 135 Å². The van der Waals surface area contributed by atoms with Gasteiger partial charge in [0.05, 0.1) is 22.9 Å². The average Bonchev–Trinajstić information content (AvgIpc) is 3.56. The fraction of sp³-hybridized carbons (Fsp3) is 0.290. The first-order chi connectivity index (χ1) is 20.2. The Morgan fingerprint density at radius 3 is 2.52 bits per heavy atom. The Morgan fingerprint density at radius 1 is 1.00 bits per heavy atom. The molecular formula is C31H29ClN6O4. The molecule has 6 rings (SSSR count). The van der Waals surface area contributed by atoms with Gasteiger partial charge in [-0.25, -0.2) is 9.50 Å². The van der Waals surface area contributed by atoms with Crippen molar-refractivity contribution >= 4 is 46.4 Å². The van der Waals surface area contributed by atoms with Crippen molar-refractivity contribution < 1.29 is 19.2 Å². The second kappa shape index (κ2) is 11.0. The molecule has 11 heteroatoms. The number of nitrogens with one attached hydrogen (secondary N) is 3. The third-order valence-corrected chi connectivity index (χ3v) is 8.26. The fourth-order valence-corrected chi connectivity index (χ4v) is 5.63. The second-order valence-corrected chi connectivity index (χ2v) is 11.2. The number of amides is 3. The standard InChI is InChI=1S/C31H29ClN6O4/c1-16-19(17(2)39)9-10-21-20(16)11-12-24(21)36-31(42)27-13-26(30(41)33-14-18-7-8-18)35-28-22(15-34-38(27)28)29(40)37-25-6-4-3-5-23(25)32/h3-6,9-10,13,15,18,24H,7-8,11-12,14H2,1-2H3,(H,33,41)(H,36,42)(H,37,40)/t24-/m0/s1. The van der Waals surface area contributed by atoms with E-state index in [0.717, 1.165) is 36.0 Å². The number of Topliss-reactive ketones (excluding diaryl/α,β-unsaturated/α-hetero) is 1. The number of aromatic nitrogens is 3. The van der Waals surface area contributed by atoms with Crippen molar-refractivity contribution in [2.24, 2.45) is 5.92 Å². The van der Waals surface area contributed by atoms with Crippen molar-refractivity contribution in [2.45, 2.75) is 45.6 Å². The summed E-state index contributed by atoms with van der Waals surface area (Å²) in [7, 11) is 0. The van der Waals surface area contributed by atoms with Crippen molar-refractivity contribution in [2.75, 3.05) is 11.9 Å². The van der Waals surface area contributed by atoms with Crippen LogP contribution in [0.3, 0.4) is 0 Å². The monoisotopic (exact) mass is 584 g/mol. The van der Waals surface area contributed by atoms with Crippen LogP contribution in [0.15, 0.2) is 48.7 Å². The first kappa shape index (κ1) is 27.6. The Hall–Kier alpha value is -4.57. The van der Waals surface area contributed by atoms with Gasteiger partial charge >= 0.3 is 0 Å². The number of para-hydroxylation sites is 1. The molecule has 214 valence electrons. The van der Waals surface area contributed by atoms with E-state index < -0.39 is 17.7 Å². The molecule has 2 aliphatic carbocycles. The van der Waals surface area contributed by atoms with Crippen LogP contribution >= 0.6 is 11.6 Å². The number of anilines is 1. The molecule has 0 bridgehead atoms. The highest BCUT2D eigenvalue weighted by Crippen LogP contribution is 2.35. The molecule has 1 fully saturated rings. The van der Waals surface area contributed by atoms with Crippen LogP contribution in [-0.4, -0.2) is 44.6 Å². The predicted molar refractivity (Wildman–Crippen MR) is 157 cm³/mol. The van der Waals surface area contributed by atoms with Crippen LogP contribution in [0.5, 0.6) is 0 Å². The molecule has 42 heavy (non-hydrogen) atoms. The van der Waals surface area contributed by atoms with E-state index in [9.17, 15) is 19.2 Å². The average molecular weight is 585 g/mol. The molecule has 0 spiro atoms. The number of halogens is 1. The smallest absolute Gasteiger partial charge is 0.270 e. The minimum atomic E-state index is -0.533. The van der Waals surface area contributed by atoms with Crippen molar-refractivity contribution in [1.29, 1.82) is 0 Å². The molecular weight excluding hydrogens is 556 g/mol. The Bertz CT molecular complexity index is 1780. The molecule has 0 aliphatic heterocycles. The third kappa shape index (κ3) is 5.25. The Labute approximate surface area is 246 Å². The molecule has 0 unspecified atom stereocenters. The van der Waals surface area contributed by atoms with Gasteiger partial charge in [0.2, 0.25) is 0 Å². The first-order valence-electron chi connectivity index (χ1n) is 13.9. The summed E-state index contributed by atoms with van der Waals surface area (Å²) in [4.78, 5) is 56.6.